The van der Waals surface area contributed by atoms with Gasteiger partial charge in [-0.2, -0.15) is 0 Å². The van der Waals surface area contributed by atoms with Gasteiger partial charge in [-0.1, -0.05) is 17.7 Å². The van der Waals surface area contributed by atoms with Crippen LogP contribution in [0.15, 0.2) is 41.1 Å². The van der Waals surface area contributed by atoms with Crippen LogP contribution in [0.4, 0.5) is 5.69 Å². The fraction of sp³-hybridized carbons (Fsp3) is 0.444. The van der Waals surface area contributed by atoms with Gasteiger partial charge in [0, 0.05) is 38.3 Å². The summed E-state index contributed by atoms with van der Waals surface area (Å²) in [5.74, 6) is 0.778. The summed E-state index contributed by atoms with van der Waals surface area (Å²) in [5.41, 5.74) is 3.91. The molecule has 0 aromatic heterocycles. The van der Waals surface area contributed by atoms with Crippen LogP contribution in [-0.4, -0.2) is 56.7 Å². The molecule has 0 radical (unpaired) electrons. The number of hydrogen-bond acceptors (Lipinski definition) is 5. The predicted octanol–water partition coefficient (Wildman–Crippen LogP) is 3.05. The highest BCUT2D eigenvalue weighted by Gasteiger charge is 2.18. The average Bonchev–Trinajstić information content (AvgIpc) is 3.04. The first-order valence-electron chi connectivity index (χ1n) is 8.02. The maximum atomic E-state index is 10.8. The molecule has 1 aromatic carbocycles. The van der Waals surface area contributed by atoms with Crippen molar-refractivity contribution >= 4 is 11.3 Å². The molecule has 0 atom stereocenters. The Morgan fingerprint density at radius 2 is 2.00 bits per heavy atom. The molecule has 122 valence electrons. The van der Waals surface area contributed by atoms with Gasteiger partial charge in [-0.25, -0.2) is 0 Å². The SMILES string of the molecule is COc1ccc(N=O)cc1C1=CCC(CN2CCN(C)CC2)=C1. The third-order valence-electron chi connectivity index (χ3n) is 4.57. The van der Waals surface area contributed by atoms with Gasteiger partial charge in [-0.05, 0) is 42.4 Å². The Kier molecular flexibility index (Phi) is 4.88. The van der Waals surface area contributed by atoms with Crippen LogP contribution >= 0.6 is 0 Å². The highest BCUT2D eigenvalue weighted by molar-refractivity contribution is 5.82. The van der Waals surface area contributed by atoms with Gasteiger partial charge >= 0.3 is 0 Å². The smallest absolute Gasteiger partial charge is 0.126 e. The highest BCUT2D eigenvalue weighted by atomic mass is 16.5. The summed E-state index contributed by atoms with van der Waals surface area (Å²) in [7, 11) is 3.82. The van der Waals surface area contributed by atoms with Crippen LogP contribution in [0.25, 0.3) is 5.57 Å². The summed E-state index contributed by atoms with van der Waals surface area (Å²) in [6, 6.07) is 5.28. The quantitative estimate of drug-likeness (QED) is 0.784. The van der Waals surface area contributed by atoms with Crippen molar-refractivity contribution in [3.63, 3.8) is 0 Å². The van der Waals surface area contributed by atoms with Crippen molar-refractivity contribution < 1.29 is 4.74 Å². The zero-order valence-electron chi connectivity index (χ0n) is 13.8. The second-order valence-corrected chi connectivity index (χ2v) is 6.22. The Bertz CT molecular complexity index is 644. The third kappa shape index (κ3) is 3.68. The Balaban J connectivity index is 1.72. The van der Waals surface area contributed by atoms with Crippen molar-refractivity contribution in [1.82, 2.24) is 9.80 Å². The van der Waals surface area contributed by atoms with Crippen LogP contribution in [0.3, 0.4) is 0 Å². The van der Waals surface area contributed by atoms with E-state index >= 15 is 0 Å². The van der Waals surface area contributed by atoms with Gasteiger partial charge in [-0.3, -0.25) is 4.90 Å². The number of allylic oxidation sites excluding steroid dienone is 3. The van der Waals surface area contributed by atoms with Crippen molar-refractivity contribution in [3.8, 4) is 5.75 Å². The van der Waals surface area contributed by atoms with Gasteiger partial charge < -0.3 is 9.64 Å². The molecular weight excluding hydrogens is 290 g/mol. The largest absolute Gasteiger partial charge is 0.496 e. The van der Waals surface area contributed by atoms with Gasteiger partial charge in [0.2, 0.25) is 0 Å². The van der Waals surface area contributed by atoms with E-state index in [0.29, 0.717) is 5.69 Å². The van der Waals surface area contributed by atoms with E-state index in [1.54, 1.807) is 25.3 Å². The number of rotatable bonds is 5. The molecule has 0 amide bonds. The molecular formula is C18H23N3O2. The lowest BCUT2D eigenvalue weighted by Gasteiger charge is -2.32. The number of likely N-dealkylation sites (N-methyl/N-ethyl adjacent to an activating group) is 1. The fourth-order valence-corrected chi connectivity index (χ4v) is 3.15. The number of piperazine rings is 1. The first kappa shape index (κ1) is 15.9. The lowest BCUT2D eigenvalue weighted by Crippen LogP contribution is -2.44. The molecule has 1 aromatic rings. The second-order valence-electron chi connectivity index (χ2n) is 6.22. The minimum absolute atomic E-state index is 0.433. The monoisotopic (exact) mass is 313 g/mol. The fourth-order valence-electron chi connectivity index (χ4n) is 3.15. The molecule has 0 spiro atoms. The van der Waals surface area contributed by atoms with Gasteiger partial charge in [0.25, 0.3) is 0 Å². The Labute approximate surface area is 137 Å². The van der Waals surface area contributed by atoms with Gasteiger partial charge in [-0.15, -0.1) is 4.91 Å². The first-order chi connectivity index (χ1) is 11.2. The predicted molar refractivity (Wildman–Crippen MR) is 93.1 cm³/mol. The zero-order valence-corrected chi connectivity index (χ0v) is 13.8. The first-order valence-corrected chi connectivity index (χ1v) is 8.02. The van der Waals surface area contributed by atoms with Crippen LogP contribution in [0, 0.1) is 4.91 Å². The van der Waals surface area contributed by atoms with Crippen molar-refractivity contribution in [3.05, 3.63) is 46.4 Å². The van der Waals surface area contributed by atoms with E-state index in [1.165, 1.54) is 5.57 Å². The van der Waals surface area contributed by atoms with E-state index in [9.17, 15) is 4.91 Å². The third-order valence-corrected chi connectivity index (χ3v) is 4.57. The number of ether oxygens (including phenoxy) is 1. The zero-order chi connectivity index (χ0) is 16.2. The van der Waals surface area contributed by atoms with Crippen molar-refractivity contribution in [2.45, 2.75) is 6.42 Å². The molecule has 0 bridgehead atoms. The molecule has 1 heterocycles. The average molecular weight is 313 g/mol. The summed E-state index contributed by atoms with van der Waals surface area (Å²) in [6.45, 7) is 5.53. The number of benzene rings is 1. The Hall–Kier alpha value is -1.98. The summed E-state index contributed by atoms with van der Waals surface area (Å²) in [4.78, 5) is 15.7. The summed E-state index contributed by atoms with van der Waals surface area (Å²) >= 11 is 0. The molecule has 0 N–H and O–H groups in total. The molecule has 0 unspecified atom stereocenters. The number of methoxy groups -OCH3 is 1. The van der Waals surface area contributed by atoms with Crippen LogP contribution in [0.2, 0.25) is 0 Å². The van der Waals surface area contributed by atoms with E-state index in [-0.39, 0.29) is 0 Å². The molecule has 3 rings (SSSR count). The minimum atomic E-state index is 0.433. The van der Waals surface area contributed by atoms with Crippen molar-refractivity contribution in [2.24, 2.45) is 5.18 Å². The molecule has 1 aliphatic heterocycles. The molecule has 1 aliphatic carbocycles. The highest BCUT2D eigenvalue weighted by Crippen LogP contribution is 2.35. The summed E-state index contributed by atoms with van der Waals surface area (Å²) in [5, 5.41) is 3.03. The van der Waals surface area contributed by atoms with Gasteiger partial charge in [0.1, 0.15) is 11.4 Å². The maximum absolute atomic E-state index is 10.8. The van der Waals surface area contributed by atoms with Crippen LogP contribution < -0.4 is 4.74 Å². The van der Waals surface area contributed by atoms with E-state index < -0.39 is 0 Å². The van der Waals surface area contributed by atoms with Crippen LogP contribution in [0.5, 0.6) is 5.75 Å². The van der Waals surface area contributed by atoms with Crippen molar-refractivity contribution in [2.75, 3.05) is 46.9 Å². The summed E-state index contributed by atoms with van der Waals surface area (Å²) in [6.07, 6.45) is 5.40. The lowest BCUT2D eigenvalue weighted by molar-refractivity contribution is 0.163. The maximum Gasteiger partial charge on any atom is 0.126 e. The van der Waals surface area contributed by atoms with Crippen molar-refractivity contribution in [1.29, 1.82) is 0 Å². The van der Waals surface area contributed by atoms with Gasteiger partial charge in [0.15, 0.2) is 0 Å². The molecule has 0 saturated carbocycles. The van der Waals surface area contributed by atoms with Gasteiger partial charge in [0.05, 0.1) is 7.11 Å². The number of nitrogens with zero attached hydrogens (tertiary/aromatic N) is 3. The Morgan fingerprint density at radius 3 is 2.70 bits per heavy atom. The molecule has 2 aliphatic rings. The van der Waals surface area contributed by atoms with E-state index in [1.807, 2.05) is 0 Å². The van der Waals surface area contributed by atoms with Crippen LogP contribution in [0.1, 0.15) is 12.0 Å². The second kappa shape index (κ2) is 7.06. The molecule has 23 heavy (non-hydrogen) atoms. The molecule has 1 fully saturated rings. The standard InChI is InChI=1S/C18H23N3O2/c1-20-7-9-21(10-8-20)13-14-3-4-15(11-14)17-12-16(19-22)5-6-18(17)23-2/h4-6,11-12H,3,7-10,13H2,1-2H3. The normalized spacial score (nSPS) is 19.4. The lowest BCUT2D eigenvalue weighted by atomic mass is 10.0. The number of hydrogen-bond donors (Lipinski definition) is 0. The topological polar surface area (TPSA) is 45.1 Å². The van der Waals surface area contributed by atoms with E-state index in [0.717, 1.165) is 56.0 Å². The Morgan fingerprint density at radius 1 is 1.22 bits per heavy atom. The molecule has 5 nitrogen and oxygen atoms in total. The van der Waals surface area contributed by atoms with Crippen LogP contribution in [-0.2, 0) is 0 Å². The number of nitroso groups, excluding NO2 is 1. The molecule has 5 heteroatoms. The summed E-state index contributed by atoms with van der Waals surface area (Å²) < 4.78 is 5.42. The van der Waals surface area contributed by atoms with E-state index in [2.05, 4.69) is 34.2 Å². The molecule has 1 saturated heterocycles. The minimum Gasteiger partial charge on any atom is -0.496 e. The van der Waals surface area contributed by atoms with E-state index in [4.69, 9.17) is 4.74 Å².